The molecule has 1 N–H and O–H groups in total. The highest BCUT2D eigenvalue weighted by molar-refractivity contribution is 5.39. The van der Waals surface area contributed by atoms with E-state index in [1.54, 1.807) is 0 Å². The van der Waals surface area contributed by atoms with Crippen LogP contribution < -0.4 is 5.32 Å². The van der Waals surface area contributed by atoms with Crippen molar-refractivity contribution in [1.82, 2.24) is 5.32 Å². The standard InChI is InChI=1S/C19H31N/c1-12-9-13(2)17(14(3)10-12)15(4)20-11-16-18(5,6)19(16,7)8/h9-10,15-16,20H,11H2,1-8H3. The van der Waals surface area contributed by atoms with Crippen molar-refractivity contribution < 1.29 is 0 Å². The van der Waals surface area contributed by atoms with Crippen molar-refractivity contribution in [3.05, 3.63) is 34.4 Å². The average molecular weight is 273 g/mol. The van der Waals surface area contributed by atoms with Crippen LogP contribution in [0.5, 0.6) is 0 Å². The molecule has 1 atom stereocenters. The SMILES string of the molecule is Cc1cc(C)c(C(C)NCC2C(C)(C)C2(C)C)c(C)c1. The fourth-order valence-electron chi connectivity index (χ4n) is 4.11. The molecule has 112 valence electrons. The molecule has 1 heteroatoms. The van der Waals surface area contributed by atoms with E-state index in [9.17, 15) is 0 Å². The number of hydrogen-bond acceptors (Lipinski definition) is 1. The monoisotopic (exact) mass is 273 g/mol. The van der Waals surface area contributed by atoms with Crippen molar-refractivity contribution in [2.24, 2.45) is 16.7 Å². The third-order valence-corrected chi connectivity index (χ3v) is 6.12. The van der Waals surface area contributed by atoms with Crippen LogP contribution in [0.25, 0.3) is 0 Å². The second-order valence-corrected chi connectivity index (χ2v) is 7.94. The second-order valence-electron chi connectivity index (χ2n) is 7.94. The summed E-state index contributed by atoms with van der Waals surface area (Å²) < 4.78 is 0. The third kappa shape index (κ3) is 2.41. The van der Waals surface area contributed by atoms with Gasteiger partial charge in [0.05, 0.1) is 0 Å². The predicted octanol–water partition coefficient (Wildman–Crippen LogP) is 4.94. The van der Waals surface area contributed by atoms with Gasteiger partial charge in [-0.05, 0) is 67.7 Å². The summed E-state index contributed by atoms with van der Waals surface area (Å²) in [5.74, 6) is 0.781. The van der Waals surface area contributed by atoms with Crippen LogP contribution in [-0.4, -0.2) is 6.54 Å². The first-order chi connectivity index (χ1) is 9.09. The molecular weight excluding hydrogens is 242 g/mol. The number of nitrogens with one attached hydrogen (secondary N) is 1. The van der Waals surface area contributed by atoms with Crippen LogP contribution >= 0.6 is 0 Å². The Labute approximate surface area is 125 Å². The number of rotatable bonds is 4. The quantitative estimate of drug-likeness (QED) is 0.819. The van der Waals surface area contributed by atoms with Gasteiger partial charge >= 0.3 is 0 Å². The summed E-state index contributed by atoms with van der Waals surface area (Å²) in [5, 5.41) is 3.77. The molecule has 1 unspecified atom stereocenters. The van der Waals surface area contributed by atoms with E-state index >= 15 is 0 Å². The molecule has 1 saturated carbocycles. The van der Waals surface area contributed by atoms with Crippen molar-refractivity contribution >= 4 is 0 Å². The van der Waals surface area contributed by atoms with Crippen LogP contribution in [0.15, 0.2) is 12.1 Å². The van der Waals surface area contributed by atoms with E-state index in [1.807, 2.05) is 0 Å². The summed E-state index contributed by atoms with van der Waals surface area (Å²) in [5.41, 5.74) is 6.61. The van der Waals surface area contributed by atoms with Crippen LogP contribution in [0.2, 0.25) is 0 Å². The molecule has 0 aromatic heterocycles. The van der Waals surface area contributed by atoms with Crippen LogP contribution in [-0.2, 0) is 0 Å². The summed E-state index contributed by atoms with van der Waals surface area (Å²) in [6, 6.07) is 5.03. The zero-order valence-corrected chi connectivity index (χ0v) is 14.5. The first kappa shape index (κ1) is 15.6. The van der Waals surface area contributed by atoms with E-state index in [1.165, 1.54) is 22.3 Å². The summed E-state index contributed by atoms with van der Waals surface area (Å²) >= 11 is 0. The maximum atomic E-state index is 3.77. The summed E-state index contributed by atoms with van der Waals surface area (Å²) in [7, 11) is 0. The van der Waals surface area contributed by atoms with Gasteiger partial charge < -0.3 is 5.32 Å². The van der Waals surface area contributed by atoms with Gasteiger partial charge in [-0.3, -0.25) is 0 Å². The van der Waals surface area contributed by atoms with E-state index in [-0.39, 0.29) is 0 Å². The Morgan fingerprint density at radius 1 is 1.00 bits per heavy atom. The lowest BCUT2D eigenvalue weighted by Gasteiger charge is -2.20. The first-order valence-corrected chi connectivity index (χ1v) is 7.90. The Morgan fingerprint density at radius 3 is 1.85 bits per heavy atom. The van der Waals surface area contributed by atoms with Crippen LogP contribution in [0, 0.1) is 37.5 Å². The van der Waals surface area contributed by atoms with Gasteiger partial charge in [0.25, 0.3) is 0 Å². The lowest BCUT2D eigenvalue weighted by atomic mass is 9.94. The Morgan fingerprint density at radius 2 is 1.45 bits per heavy atom. The summed E-state index contributed by atoms with van der Waals surface area (Å²) in [6.45, 7) is 19.6. The molecule has 1 aromatic carbocycles. The van der Waals surface area contributed by atoms with Crippen molar-refractivity contribution in [2.45, 2.75) is 61.4 Å². The van der Waals surface area contributed by atoms with Crippen molar-refractivity contribution in [2.75, 3.05) is 6.54 Å². The molecule has 0 aliphatic heterocycles. The predicted molar refractivity (Wildman–Crippen MR) is 88.1 cm³/mol. The van der Waals surface area contributed by atoms with Gasteiger partial charge in [0.1, 0.15) is 0 Å². The lowest BCUT2D eigenvalue weighted by Crippen LogP contribution is -2.24. The smallest absolute Gasteiger partial charge is 0.0297 e. The first-order valence-electron chi connectivity index (χ1n) is 7.90. The van der Waals surface area contributed by atoms with Gasteiger partial charge in [0.15, 0.2) is 0 Å². The van der Waals surface area contributed by atoms with Crippen LogP contribution in [0.4, 0.5) is 0 Å². The molecule has 2 rings (SSSR count). The number of benzene rings is 1. The molecule has 1 aliphatic carbocycles. The third-order valence-electron chi connectivity index (χ3n) is 6.12. The Bertz CT molecular complexity index is 473. The summed E-state index contributed by atoms with van der Waals surface area (Å²) in [4.78, 5) is 0. The molecule has 1 aromatic rings. The molecule has 0 saturated heterocycles. The minimum Gasteiger partial charge on any atom is -0.310 e. The topological polar surface area (TPSA) is 12.0 Å². The lowest BCUT2D eigenvalue weighted by molar-refractivity contribution is 0.457. The van der Waals surface area contributed by atoms with E-state index in [4.69, 9.17) is 0 Å². The highest BCUT2D eigenvalue weighted by atomic mass is 14.9. The van der Waals surface area contributed by atoms with E-state index < -0.39 is 0 Å². The second kappa shape index (κ2) is 4.87. The molecule has 1 nitrogen and oxygen atoms in total. The van der Waals surface area contributed by atoms with Gasteiger partial charge in [0, 0.05) is 6.04 Å². The largest absolute Gasteiger partial charge is 0.310 e. The van der Waals surface area contributed by atoms with E-state index in [0.29, 0.717) is 16.9 Å². The Kier molecular flexibility index (Phi) is 3.79. The molecule has 0 amide bonds. The minimum absolute atomic E-state index is 0.433. The molecule has 1 aliphatic rings. The van der Waals surface area contributed by atoms with Crippen LogP contribution in [0.1, 0.15) is 62.9 Å². The van der Waals surface area contributed by atoms with Gasteiger partial charge in [-0.25, -0.2) is 0 Å². The number of hydrogen-bond donors (Lipinski definition) is 1. The van der Waals surface area contributed by atoms with E-state index in [0.717, 1.165) is 12.5 Å². The maximum absolute atomic E-state index is 3.77. The van der Waals surface area contributed by atoms with Crippen molar-refractivity contribution in [3.8, 4) is 0 Å². The Hall–Kier alpha value is -0.820. The number of aryl methyl sites for hydroxylation is 3. The molecule has 0 spiro atoms. The molecular formula is C19H31N. The van der Waals surface area contributed by atoms with Gasteiger partial charge in [-0.2, -0.15) is 0 Å². The van der Waals surface area contributed by atoms with Crippen LogP contribution in [0.3, 0.4) is 0 Å². The fraction of sp³-hybridized carbons (Fsp3) is 0.684. The Balaban J connectivity index is 2.06. The zero-order valence-electron chi connectivity index (χ0n) is 14.5. The molecule has 1 fully saturated rings. The average Bonchev–Trinajstić information content (AvgIpc) is 2.65. The van der Waals surface area contributed by atoms with E-state index in [2.05, 4.69) is 72.8 Å². The normalized spacial score (nSPS) is 21.8. The summed E-state index contributed by atoms with van der Waals surface area (Å²) in [6.07, 6.45) is 0. The van der Waals surface area contributed by atoms with Gasteiger partial charge in [-0.15, -0.1) is 0 Å². The molecule has 0 heterocycles. The minimum atomic E-state index is 0.433. The van der Waals surface area contributed by atoms with Crippen molar-refractivity contribution in [3.63, 3.8) is 0 Å². The highest BCUT2D eigenvalue weighted by Gasteiger charge is 2.63. The molecule has 0 radical (unpaired) electrons. The fourth-order valence-corrected chi connectivity index (χ4v) is 4.11. The van der Waals surface area contributed by atoms with Crippen molar-refractivity contribution in [1.29, 1.82) is 0 Å². The maximum Gasteiger partial charge on any atom is 0.0297 e. The molecule has 0 bridgehead atoms. The highest BCUT2D eigenvalue weighted by Crippen LogP contribution is 2.68. The molecule has 20 heavy (non-hydrogen) atoms. The van der Waals surface area contributed by atoms with Gasteiger partial charge in [0.2, 0.25) is 0 Å². The van der Waals surface area contributed by atoms with Gasteiger partial charge in [-0.1, -0.05) is 45.4 Å². The zero-order chi connectivity index (χ0) is 15.3.